The standard InChI is InChI=1S/C18H19FN4O2/c19-15-3-1-14(2-4-15)11-20-16-5-6-17(21-12-16)18(25)23-9-7-22(13-24)8-10-23/h1-6,12-13,20H,7-11H2. The number of pyridine rings is 1. The SMILES string of the molecule is O=CN1CCN(C(=O)c2ccc(NCc3ccc(F)cc3)cn2)CC1. The number of halogens is 1. The van der Waals surface area contributed by atoms with Crippen LogP contribution in [0.3, 0.4) is 0 Å². The van der Waals surface area contributed by atoms with Crippen LogP contribution in [0.25, 0.3) is 0 Å². The maximum absolute atomic E-state index is 12.9. The van der Waals surface area contributed by atoms with Gasteiger partial charge in [0.25, 0.3) is 5.91 Å². The molecule has 2 amide bonds. The molecule has 2 aromatic rings. The molecule has 0 aliphatic carbocycles. The van der Waals surface area contributed by atoms with Crippen LogP contribution in [-0.2, 0) is 11.3 Å². The second-order valence-electron chi connectivity index (χ2n) is 5.85. The number of nitrogens with zero attached hydrogens (tertiary/aromatic N) is 3. The van der Waals surface area contributed by atoms with Gasteiger partial charge in [0.2, 0.25) is 6.41 Å². The first-order valence-corrected chi connectivity index (χ1v) is 8.09. The zero-order valence-corrected chi connectivity index (χ0v) is 13.7. The second kappa shape index (κ2) is 7.74. The molecular weight excluding hydrogens is 323 g/mol. The highest BCUT2D eigenvalue weighted by atomic mass is 19.1. The van der Waals surface area contributed by atoms with Crippen LogP contribution in [0.5, 0.6) is 0 Å². The molecule has 1 saturated heterocycles. The molecule has 1 N–H and O–H groups in total. The van der Waals surface area contributed by atoms with Gasteiger partial charge >= 0.3 is 0 Å². The molecule has 3 rings (SSSR count). The van der Waals surface area contributed by atoms with Gasteiger partial charge in [0.05, 0.1) is 11.9 Å². The third-order valence-corrected chi connectivity index (χ3v) is 4.14. The molecule has 25 heavy (non-hydrogen) atoms. The summed E-state index contributed by atoms with van der Waals surface area (Å²) in [5.74, 6) is -0.391. The molecule has 0 radical (unpaired) electrons. The Labute approximate surface area is 145 Å². The van der Waals surface area contributed by atoms with E-state index in [1.807, 2.05) is 0 Å². The van der Waals surface area contributed by atoms with Crippen LogP contribution in [0.1, 0.15) is 16.1 Å². The van der Waals surface area contributed by atoms with Gasteiger partial charge in [-0.2, -0.15) is 0 Å². The number of aromatic nitrogens is 1. The summed E-state index contributed by atoms with van der Waals surface area (Å²) < 4.78 is 12.9. The third kappa shape index (κ3) is 4.32. The molecule has 1 aromatic heterocycles. The van der Waals surface area contributed by atoms with E-state index in [2.05, 4.69) is 10.3 Å². The van der Waals surface area contributed by atoms with Crippen LogP contribution in [0.15, 0.2) is 42.6 Å². The molecule has 0 atom stereocenters. The largest absolute Gasteiger partial charge is 0.380 e. The van der Waals surface area contributed by atoms with E-state index in [1.165, 1.54) is 12.1 Å². The number of hydrogen-bond donors (Lipinski definition) is 1. The summed E-state index contributed by atoms with van der Waals surface area (Å²) >= 11 is 0. The Morgan fingerprint density at radius 2 is 1.84 bits per heavy atom. The number of amides is 2. The Kier molecular flexibility index (Phi) is 5.23. The van der Waals surface area contributed by atoms with Crippen molar-refractivity contribution >= 4 is 18.0 Å². The predicted octanol–water partition coefficient (Wildman–Crippen LogP) is 1.75. The topological polar surface area (TPSA) is 65.5 Å². The minimum absolute atomic E-state index is 0.129. The van der Waals surface area contributed by atoms with Crippen LogP contribution in [0, 0.1) is 5.82 Å². The van der Waals surface area contributed by atoms with Gasteiger partial charge in [-0.3, -0.25) is 9.59 Å². The van der Waals surface area contributed by atoms with Gasteiger partial charge in [-0.15, -0.1) is 0 Å². The van der Waals surface area contributed by atoms with Crippen LogP contribution in [0.2, 0.25) is 0 Å². The molecule has 2 heterocycles. The fourth-order valence-electron chi connectivity index (χ4n) is 2.62. The molecule has 6 nitrogen and oxygen atoms in total. The number of carbonyl (C=O) groups is 2. The molecule has 0 bridgehead atoms. The first-order chi connectivity index (χ1) is 12.2. The summed E-state index contributed by atoms with van der Waals surface area (Å²) in [4.78, 5) is 30.7. The van der Waals surface area contributed by atoms with Gasteiger partial charge < -0.3 is 15.1 Å². The Bertz CT molecular complexity index is 726. The molecule has 1 aliphatic heterocycles. The molecule has 130 valence electrons. The van der Waals surface area contributed by atoms with E-state index < -0.39 is 0 Å². The summed E-state index contributed by atoms with van der Waals surface area (Å²) in [5.41, 5.74) is 2.12. The Morgan fingerprint density at radius 1 is 1.12 bits per heavy atom. The average molecular weight is 342 g/mol. The summed E-state index contributed by atoms with van der Waals surface area (Å²) in [6, 6.07) is 9.74. The molecular formula is C18H19FN4O2. The normalized spacial score (nSPS) is 14.3. The summed E-state index contributed by atoms with van der Waals surface area (Å²) in [6.07, 6.45) is 2.42. The van der Waals surface area contributed by atoms with Crippen molar-refractivity contribution in [2.75, 3.05) is 31.5 Å². The lowest BCUT2D eigenvalue weighted by molar-refractivity contribution is -0.119. The fourth-order valence-corrected chi connectivity index (χ4v) is 2.62. The number of anilines is 1. The Morgan fingerprint density at radius 3 is 2.44 bits per heavy atom. The highest BCUT2D eigenvalue weighted by Gasteiger charge is 2.21. The van der Waals surface area contributed by atoms with Gasteiger partial charge in [0.15, 0.2) is 0 Å². The third-order valence-electron chi connectivity index (χ3n) is 4.14. The number of nitrogens with one attached hydrogen (secondary N) is 1. The van der Waals surface area contributed by atoms with Crippen molar-refractivity contribution < 1.29 is 14.0 Å². The number of carbonyl (C=O) groups excluding carboxylic acids is 2. The van der Waals surface area contributed by atoms with E-state index >= 15 is 0 Å². The van der Waals surface area contributed by atoms with Crippen molar-refractivity contribution in [3.8, 4) is 0 Å². The first-order valence-electron chi connectivity index (χ1n) is 8.09. The molecule has 0 saturated carbocycles. The van der Waals surface area contributed by atoms with E-state index in [4.69, 9.17) is 0 Å². The van der Waals surface area contributed by atoms with Crippen molar-refractivity contribution in [3.63, 3.8) is 0 Å². The maximum Gasteiger partial charge on any atom is 0.272 e. The molecule has 7 heteroatoms. The van der Waals surface area contributed by atoms with Crippen molar-refractivity contribution in [3.05, 3.63) is 59.7 Å². The fraction of sp³-hybridized carbons (Fsp3) is 0.278. The number of rotatable bonds is 5. The average Bonchev–Trinajstić information content (AvgIpc) is 2.67. The van der Waals surface area contributed by atoms with Crippen LogP contribution >= 0.6 is 0 Å². The summed E-state index contributed by atoms with van der Waals surface area (Å²) in [5, 5.41) is 3.18. The van der Waals surface area contributed by atoms with Gasteiger partial charge in [0.1, 0.15) is 11.5 Å². The van der Waals surface area contributed by atoms with Gasteiger partial charge in [-0.25, -0.2) is 9.37 Å². The molecule has 1 aromatic carbocycles. The van der Waals surface area contributed by atoms with Gasteiger partial charge in [0, 0.05) is 32.7 Å². The molecule has 0 spiro atoms. The lowest BCUT2D eigenvalue weighted by Crippen LogP contribution is -2.48. The van der Waals surface area contributed by atoms with Crippen LogP contribution < -0.4 is 5.32 Å². The van der Waals surface area contributed by atoms with E-state index in [0.717, 1.165) is 17.7 Å². The highest BCUT2D eigenvalue weighted by molar-refractivity contribution is 5.92. The van der Waals surface area contributed by atoms with E-state index in [-0.39, 0.29) is 11.7 Å². The van der Waals surface area contributed by atoms with Crippen molar-refractivity contribution in [1.29, 1.82) is 0 Å². The van der Waals surface area contributed by atoms with Crippen LogP contribution in [0.4, 0.5) is 10.1 Å². The van der Waals surface area contributed by atoms with Gasteiger partial charge in [-0.1, -0.05) is 12.1 Å². The zero-order valence-electron chi connectivity index (χ0n) is 13.7. The van der Waals surface area contributed by atoms with Crippen molar-refractivity contribution in [2.45, 2.75) is 6.54 Å². The number of benzene rings is 1. The highest BCUT2D eigenvalue weighted by Crippen LogP contribution is 2.12. The number of piperazine rings is 1. The lowest BCUT2D eigenvalue weighted by Gasteiger charge is -2.32. The predicted molar refractivity (Wildman–Crippen MR) is 91.5 cm³/mol. The monoisotopic (exact) mass is 342 g/mol. The van der Waals surface area contributed by atoms with Gasteiger partial charge in [-0.05, 0) is 29.8 Å². The van der Waals surface area contributed by atoms with E-state index in [9.17, 15) is 14.0 Å². The smallest absolute Gasteiger partial charge is 0.272 e. The van der Waals surface area contributed by atoms with Crippen LogP contribution in [-0.4, -0.2) is 53.3 Å². The van der Waals surface area contributed by atoms with E-state index in [1.54, 1.807) is 40.3 Å². The van der Waals surface area contributed by atoms with Crippen molar-refractivity contribution in [2.24, 2.45) is 0 Å². The number of hydrogen-bond acceptors (Lipinski definition) is 4. The molecule has 1 fully saturated rings. The maximum atomic E-state index is 12.9. The lowest BCUT2D eigenvalue weighted by atomic mass is 10.2. The quantitative estimate of drug-likeness (QED) is 0.841. The molecule has 0 unspecified atom stereocenters. The minimum Gasteiger partial charge on any atom is -0.380 e. The first kappa shape index (κ1) is 16.9. The summed E-state index contributed by atoms with van der Waals surface area (Å²) in [7, 11) is 0. The van der Waals surface area contributed by atoms with Crippen molar-refractivity contribution in [1.82, 2.24) is 14.8 Å². The van der Waals surface area contributed by atoms with E-state index in [0.29, 0.717) is 38.4 Å². The molecule has 1 aliphatic rings. The minimum atomic E-state index is -0.262. The zero-order chi connectivity index (χ0) is 17.6. The Balaban J connectivity index is 1.55. The Hall–Kier alpha value is -2.96. The second-order valence-corrected chi connectivity index (χ2v) is 5.85. The summed E-state index contributed by atoms with van der Waals surface area (Å²) in [6.45, 7) is 2.68.